The minimum Gasteiger partial charge on any atom is -0.494 e. The highest BCUT2D eigenvalue weighted by molar-refractivity contribution is 5.30. The quantitative estimate of drug-likeness (QED) is 0.841. The summed E-state index contributed by atoms with van der Waals surface area (Å²) in [6.45, 7) is 3.62. The lowest BCUT2D eigenvalue weighted by Gasteiger charge is -2.28. The molecule has 0 aromatic heterocycles. The highest BCUT2D eigenvalue weighted by Gasteiger charge is 2.22. The molecular weight excluding hydrogens is 214 g/mol. The van der Waals surface area contributed by atoms with Crippen molar-refractivity contribution < 1.29 is 9.84 Å². The van der Waals surface area contributed by atoms with E-state index < -0.39 is 6.10 Å². The van der Waals surface area contributed by atoms with Gasteiger partial charge in [-0.2, -0.15) is 0 Å². The zero-order chi connectivity index (χ0) is 12.1. The Bertz CT molecular complexity index is 348. The van der Waals surface area contributed by atoms with Gasteiger partial charge < -0.3 is 15.2 Å². The van der Waals surface area contributed by atoms with Crippen molar-refractivity contribution in [3.8, 4) is 5.75 Å². The highest BCUT2D eigenvalue weighted by atomic mass is 16.5. The largest absolute Gasteiger partial charge is 0.494 e. The molecule has 2 unspecified atom stereocenters. The molecule has 0 spiro atoms. The lowest BCUT2D eigenvalue weighted by atomic mass is 9.95. The Morgan fingerprint density at radius 3 is 3.06 bits per heavy atom. The molecule has 1 aliphatic rings. The summed E-state index contributed by atoms with van der Waals surface area (Å²) in [7, 11) is 0. The summed E-state index contributed by atoms with van der Waals surface area (Å²) >= 11 is 0. The highest BCUT2D eigenvalue weighted by Crippen LogP contribution is 2.25. The second kappa shape index (κ2) is 6.03. The van der Waals surface area contributed by atoms with Crippen LogP contribution in [-0.2, 0) is 0 Å². The minimum atomic E-state index is -0.435. The van der Waals surface area contributed by atoms with Crippen molar-refractivity contribution in [1.82, 2.24) is 5.32 Å². The van der Waals surface area contributed by atoms with E-state index in [9.17, 15) is 5.11 Å². The van der Waals surface area contributed by atoms with Crippen molar-refractivity contribution in [2.24, 2.45) is 0 Å². The van der Waals surface area contributed by atoms with Crippen molar-refractivity contribution in [3.63, 3.8) is 0 Å². The van der Waals surface area contributed by atoms with Crippen LogP contribution in [0.3, 0.4) is 0 Å². The molecule has 1 aromatic carbocycles. The molecule has 0 saturated carbocycles. The number of ether oxygens (including phenoxy) is 1. The number of aliphatic hydroxyl groups excluding tert-OH is 1. The van der Waals surface area contributed by atoms with Crippen LogP contribution in [0.2, 0.25) is 0 Å². The number of aliphatic hydroxyl groups is 1. The van der Waals surface area contributed by atoms with Gasteiger partial charge in [-0.3, -0.25) is 0 Å². The molecule has 1 fully saturated rings. The predicted octanol–water partition coefficient (Wildman–Crippen LogP) is 2.26. The number of rotatable bonds is 4. The van der Waals surface area contributed by atoms with E-state index in [4.69, 9.17) is 4.74 Å². The van der Waals surface area contributed by atoms with Crippen molar-refractivity contribution in [2.45, 2.75) is 38.3 Å². The van der Waals surface area contributed by atoms with Crippen molar-refractivity contribution >= 4 is 0 Å². The van der Waals surface area contributed by atoms with Gasteiger partial charge in [0.2, 0.25) is 0 Å². The molecule has 1 saturated heterocycles. The lowest BCUT2D eigenvalue weighted by molar-refractivity contribution is 0.113. The third kappa shape index (κ3) is 3.20. The summed E-state index contributed by atoms with van der Waals surface area (Å²) in [5, 5.41) is 13.7. The molecule has 17 heavy (non-hydrogen) atoms. The second-order valence-electron chi connectivity index (χ2n) is 4.51. The normalized spacial score (nSPS) is 22.1. The maximum Gasteiger partial charge on any atom is 0.119 e. The molecule has 2 N–H and O–H groups in total. The number of hydrogen-bond acceptors (Lipinski definition) is 3. The van der Waals surface area contributed by atoms with E-state index in [1.165, 1.54) is 12.8 Å². The molecule has 2 rings (SSSR count). The summed E-state index contributed by atoms with van der Waals surface area (Å²) in [6.07, 6.45) is 3.01. The van der Waals surface area contributed by atoms with Crippen LogP contribution in [0.15, 0.2) is 24.3 Å². The fourth-order valence-electron chi connectivity index (χ4n) is 2.34. The Kier molecular flexibility index (Phi) is 4.40. The fraction of sp³-hybridized carbons (Fsp3) is 0.571. The van der Waals surface area contributed by atoms with Gasteiger partial charge in [-0.15, -0.1) is 0 Å². The number of benzene rings is 1. The Morgan fingerprint density at radius 1 is 1.47 bits per heavy atom. The Hall–Kier alpha value is -1.06. The standard InChI is InChI=1S/C14H21NO2/c1-2-17-12-7-5-6-11(10-12)14(16)13-8-3-4-9-15-13/h5-7,10,13-16H,2-4,8-9H2,1H3. The Labute approximate surface area is 103 Å². The third-order valence-electron chi connectivity index (χ3n) is 3.24. The van der Waals surface area contributed by atoms with Gasteiger partial charge in [0.15, 0.2) is 0 Å². The van der Waals surface area contributed by atoms with E-state index in [0.29, 0.717) is 6.61 Å². The van der Waals surface area contributed by atoms with E-state index >= 15 is 0 Å². The van der Waals surface area contributed by atoms with E-state index in [0.717, 1.165) is 24.3 Å². The Balaban J connectivity index is 2.06. The van der Waals surface area contributed by atoms with Crippen LogP contribution in [0.1, 0.15) is 37.9 Å². The first-order valence-corrected chi connectivity index (χ1v) is 6.45. The Morgan fingerprint density at radius 2 is 2.35 bits per heavy atom. The van der Waals surface area contributed by atoms with Crippen molar-refractivity contribution in [1.29, 1.82) is 0 Å². The number of piperidine rings is 1. The molecule has 0 amide bonds. The van der Waals surface area contributed by atoms with Crippen LogP contribution in [-0.4, -0.2) is 24.3 Å². The molecule has 1 heterocycles. The molecule has 1 aromatic rings. The topological polar surface area (TPSA) is 41.5 Å². The summed E-state index contributed by atoms with van der Waals surface area (Å²) in [5.41, 5.74) is 0.940. The zero-order valence-electron chi connectivity index (χ0n) is 10.4. The monoisotopic (exact) mass is 235 g/mol. The molecule has 3 heteroatoms. The summed E-state index contributed by atoms with van der Waals surface area (Å²) in [5.74, 6) is 0.833. The van der Waals surface area contributed by atoms with Crippen LogP contribution in [0, 0.1) is 0 Å². The van der Waals surface area contributed by atoms with Gasteiger partial charge in [0.1, 0.15) is 5.75 Å². The minimum absolute atomic E-state index is 0.181. The maximum absolute atomic E-state index is 10.3. The molecule has 3 nitrogen and oxygen atoms in total. The van der Waals surface area contributed by atoms with Gasteiger partial charge >= 0.3 is 0 Å². The van der Waals surface area contributed by atoms with Gasteiger partial charge in [-0.05, 0) is 44.0 Å². The van der Waals surface area contributed by atoms with Crippen LogP contribution < -0.4 is 10.1 Å². The predicted molar refractivity (Wildman–Crippen MR) is 68.2 cm³/mol. The average Bonchev–Trinajstić information content (AvgIpc) is 2.40. The molecule has 0 bridgehead atoms. The van der Waals surface area contributed by atoms with Crippen LogP contribution in [0.25, 0.3) is 0 Å². The zero-order valence-corrected chi connectivity index (χ0v) is 10.4. The first-order valence-electron chi connectivity index (χ1n) is 6.45. The molecule has 0 radical (unpaired) electrons. The number of hydrogen-bond donors (Lipinski definition) is 2. The van der Waals surface area contributed by atoms with Gasteiger partial charge in [0, 0.05) is 6.04 Å². The van der Waals surface area contributed by atoms with E-state index in [2.05, 4.69) is 5.32 Å². The van der Waals surface area contributed by atoms with Crippen LogP contribution in [0.4, 0.5) is 0 Å². The van der Waals surface area contributed by atoms with Gasteiger partial charge in [0.05, 0.1) is 12.7 Å². The molecular formula is C14H21NO2. The summed E-state index contributed by atoms with van der Waals surface area (Å²) in [6, 6.07) is 7.94. The van der Waals surface area contributed by atoms with Crippen LogP contribution >= 0.6 is 0 Å². The fourth-order valence-corrected chi connectivity index (χ4v) is 2.34. The molecule has 1 aliphatic heterocycles. The lowest BCUT2D eigenvalue weighted by Crippen LogP contribution is -2.38. The van der Waals surface area contributed by atoms with E-state index in [1.54, 1.807) is 0 Å². The average molecular weight is 235 g/mol. The van der Waals surface area contributed by atoms with Crippen LogP contribution in [0.5, 0.6) is 5.75 Å². The van der Waals surface area contributed by atoms with Crippen molar-refractivity contribution in [2.75, 3.05) is 13.2 Å². The van der Waals surface area contributed by atoms with E-state index in [1.807, 2.05) is 31.2 Å². The van der Waals surface area contributed by atoms with E-state index in [-0.39, 0.29) is 6.04 Å². The van der Waals surface area contributed by atoms with Gasteiger partial charge in [-0.25, -0.2) is 0 Å². The summed E-state index contributed by atoms with van der Waals surface area (Å²) in [4.78, 5) is 0. The first kappa shape index (κ1) is 12.4. The first-order chi connectivity index (χ1) is 8.31. The molecule has 94 valence electrons. The van der Waals surface area contributed by atoms with Gasteiger partial charge in [-0.1, -0.05) is 18.6 Å². The smallest absolute Gasteiger partial charge is 0.119 e. The third-order valence-corrected chi connectivity index (χ3v) is 3.24. The molecule has 2 atom stereocenters. The van der Waals surface area contributed by atoms with Crippen molar-refractivity contribution in [3.05, 3.63) is 29.8 Å². The summed E-state index contributed by atoms with van der Waals surface area (Å²) < 4.78 is 5.45. The molecule has 0 aliphatic carbocycles. The SMILES string of the molecule is CCOc1cccc(C(O)C2CCCCN2)c1. The van der Waals surface area contributed by atoms with Gasteiger partial charge in [0.25, 0.3) is 0 Å². The maximum atomic E-state index is 10.3. The second-order valence-corrected chi connectivity index (χ2v) is 4.51. The number of nitrogens with one attached hydrogen (secondary N) is 1.